The lowest BCUT2D eigenvalue weighted by atomic mass is 10.1. The molecule has 0 fully saturated rings. The smallest absolute Gasteiger partial charge is 0.338 e. The number of ether oxygens (including phenoxy) is 1. The van der Waals surface area contributed by atoms with Crippen LogP contribution in [0.25, 0.3) is 10.9 Å². The third-order valence-electron chi connectivity index (χ3n) is 4.03. The van der Waals surface area contributed by atoms with E-state index in [0.717, 1.165) is 23.7 Å². The van der Waals surface area contributed by atoms with Crippen LogP contribution in [0.15, 0.2) is 48.7 Å². The average Bonchev–Trinajstić information content (AvgIpc) is 3.15. The molecule has 0 radical (unpaired) electrons. The van der Waals surface area contributed by atoms with Gasteiger partial charge in [-0.15, -0.1) is 0 Å². The number of fused-ring (bicyclic) bond motifs is 1. The number of aromatic nitrogens is 1. The summed E-state index contributed by atoms with van der Waals surface area (Å²) in [7, 11) is 0. The molecule has 0 saturated heterocycles. The lowest BCUT2D eigenvalue weighted by Crippen LogP contribution is -2.41. The largest absolute Gasteiger partial charge is 0.462 e. The minimum Gasteiger partial charge on any atom is -0.462 e. The fourth-order valence-electron chi connectivity index (χ4n) is 2.69. The third-order valence-corrected chi connectivity index (χ3v) is 4.03. The van der Waals surface area contributed by atoms with E-state index >= 15 is 0 Å². The topological polar surface area (TPSA) is 143 Å². The maximum atomic E-state index is 12.4. The van der Waals surface area contributed by atoms with Gasteiger partial charge in [-0.3, -0.25) is 30.6 Å². The molecule has 0 bridgehead atoms. The first-order valence-electron chi connectivity index (χ1n) is 8.54. The van der Waals surface area contributed by atoms with Crippen molar-refractivity contribution < 1.29 is 24.0 Å². The zero-order chi connectivity index (χ0) is 21.0. The SMILES string of the molecule is CCOC(=O)c1cc(C(=O)NNC(=O)c2c[nH]c3ccccc23)cc([N+](=O)[O-])c1. The molecule has 0 aliphatic carbocycles. The van der Waals surface area contributed by atoms with Crippen molar-refractivity contribution in [3.8, 4) is 0 Å². The standard InChI is InChI=1S/C19H16N4O6/c1-2-29-19(26)12-7-11(8-13(9-12)23(27)28)17(24)21-22-18(25)15-10-20-16-6-4-3-5-14(15)16/h3-10,20H,2H2,1H3,(H,21,24)(H,22,25). The molecule has 2 aromatic carbocycles. The monoisotopic (exact) mass is 396 g/mol. The number of rotatable bonds is 5. The number of esters is 1. The van der Waals surface area contributed by atoms with E-state index in [9.17, 15) is 24.5 Å². The van der Waals surface area contributed by atoms with E-state index in [1.165, 1.54) is 6.20 Å². The van der Waals surface area contributed by atoms with Gasteiger partial charge in [-0.25, -0.2) is 4.79 Å². The van der Waals surface area contributed by atoms with Crippen LogP contribution in [0.2, 0.25) is 0 Å². The molecule has 2 amide bonds. The highest BCUT2D eigenvalue weighted by molar-refractivity contribution is 6.08. The maximum absolute atomic E-state index is 12.4. The van der Waals surface area contributed by atoms with Crippen LogP contribution < -0.4 is 10.9 Å². The summed E-state index contributed by atoms with van der Waals surface area (Å²) in [5.41, 5.74) is 4.73. The van der Waals surface area contributed by atoms with E-state index in [1.807, 2.05) is 6.07 Å². The summed E-state index contributed by atoms with van der Waals surface area (Å²) in [4.78, 5) is 49.9. The lowest BCUT2D eigenvalue weighted by molar-refractivity contribution is -0.384. The second kappa shape index (κ2) is 8.21. The minimum absolute atomic E-state index is 0.0731. The number of non-ortho nitro benzene ring substituents is 1. The molecule has 148 valence electrons. The van der Waals surface area contributed by atoms with Crippen LogP contribution in [-0.4, -0.2) is 34.3 Å². The normalized spacial score (nSPS) is 10.4. The summed E-state index contributed by atoms with van der Waals surface area (Å²) in [6.45, 7) is 1.66. The Morgan fingerprint density at radius 1 is 1.07 bits per heavy atom. The number of nitrogens with one attached hydrogen (secondary N) is 3. The summed E-state index contributed by atoms with van der Waals surface area (Å²) in [5.74, 6) is -2.20. The van der Waals surface area contributed by atoms with Crippen molar-refractivity contribution in [1.82, 2.24) is 15.8 Å². The number of nitrogens with zero attached hydrogens (tertiary/aromatic N) is 1. The molecule has 0 aliphatic rings. The molecule has 1 aromatic heterocycles. The number of hydrogen-bond acceptors (Lipinski definition) is 6. The number of hydrogen-bond donors (Lipinski definition) is 3. The number of carbonyl (C=O) groups excluding carboxylic acids is 3. The highest BCUT2D eigenvalue weighted by atomic mass is 16.6. The molecule has 10 heteroatoms. The van der Waals surface area contributed by atoms with Crippen molar-refractivity contribution >= 4 is 34.4 Å². The van der Waals surface area contributed by atoms with E-state index in [0.29, 0.717) is 10.9 Å². The van der Waals surface area contributed by atoms with Gasteiger partial charge in [-0.2, -0.15) is 0 Å². The van der Waals surface area contributed by atoms with E-state index < -0.39 is 28.4 Å². The number of aromatic amines is 1. The van der Waals surface area contributed by atoms with Crippen LogP contribution in [0.1, 0.15) is 38.0 Å². The van der Waals surface area contributed by atoms with E-state index in [2.05, 4.69) is 15.8 Å². The third kappa shape index (κ3) is 4.21. The van der Waals surface area contributed by atoms with Gasteiger partial charge >= 0.3 is 5.97 Å². The number of H-pyrrole nitrogens is 1. The fraction of sp³-hybridized carbons (Fsp3) is 0.105. The summed E-state index contributed by atoms with van der Waals surface area (Å²) < 4.78 is 4.82. The number of para-hydroxylation sites is 1. The van der Waals surface area contributed by atoms with Crippen LogP contribution in [0.3, 0.4) is 0 Å². The van der Waals surface area contributed by atoms with Crippen LogP contribution in [0.5, 0.6) is 0 Å². The predicted molar refractivity (Wildman–Crippen MR) is 102 cm³/mol. The number of hydrazine groups is 1. The fourth-order valence-corrected chi connectivity index (χ4v) is 2.69. The van der Waals surface area contributed by atoms with Gasteiger partial charge in [0.2, 0.25) is 0 Å². The first-order valence-corrected chi connectivity index (χ1v) is 8.54. The Kier molecular flexibility index (Phi) is 5.54. The Labute approximate surface area is 164 Å². The van der Waals surface area contributed by atoms with Gasteiger partial charge in [0.15, 0.2) is 0 Å². The Morgan fingerprint density at radius 2 is 1.76 bits per heavy atom. The molecule has 0 saturated carbocycles. The molecule has 29 heavy (non-hydrogen) atoms. The predicted octanol–water partition coefficient (Wildman–Crippen LogP) is 2.33. The van der Waals surface area contributed by atoms with Crippen LogP contribution >= 0.6 is 0 Å². The van der Waals surface area contributed by atoms with Gasteiger partial charge in [0.1, 0.15) is 0 Å². The second-order valence-electron chi connectivity index (χ2n) is 5.90. The van der Waals surface area contributed by atoms with Crippen molar-refractivity contribution in [2.24, 2.45) is 0 Å². The van der Waals surface area contributed by atoms with Gasteiger partial charge in [0.25, 0.3) is 17.5 Å². The van der Waals surface area contributed by atoms with Crippen molar-refractivity contribution in [1.29, 1.82) is 0 Å². The molecule has 0 unspecified atom stereocenters. The Balaban J connectivity index is 1.78. The molecule has 3 N–H and O–H groups in total. The van der Waals surface area contributed by atoms with Gasteiger partial charge in [-0.1, -0.05) is 18.2 Å². The van der Waals surface area contributed by atoms with Gasteiger partial charge in [0.05, 0.1) is 22.7 Å². The number of amides is 2. The maximum Gasteiger partial charge on any atom is 0.338 e. The molecule has 0 aliphatic heterocycles. The van der Waals surface area contributed by atoms with E-state index in [-0.39, 0.29) is 17.7 Å². The minimum atomic E-state index is -0.826. The summed E-state index contributed by atoms with van der Waals surface area (Å²) in [5, 5.41) is 11.8. The van der Waals surface area contributed by atoms with Gasteiger partial charge in [-0.05, 0) is 19.1 Å². The molecule has 1 heterocycles. The van der Waals surface area contributed by atoms with E-state index in [4.69, 9.17) is 4.74 Å². The summed E-state index contributed by atoms with van der Waals surface area (Å²) in [6.07, 6.45) is 1.50. The molecular formula is C19H16N4O6. The second-order valence-corrected chi connectivity index (χ2v) is 5.90. The Hall–Kier alpha value is -4.21. The number of benzene rings is 2. The highest BCUT2D eigenvalue weighted by Crippen LogP contribution is 2.19. The van der Waals surface area contributed by atoms with Crippen LogP contribution in [-0.2, 0) is 4.74 Å². The first-order chi connectivity index (χ1) is 13.9. The van der Waals surface area contributed by atoms with E-state index in [1.54, 1.807) is 25.1 Å². The summed E-state index contributed by atoms with van der Waals surface area (Å²) >= 11 is 0. The van der Waals surface area contributed by atoms with Crippen LogP contribution in [0, 0.1) is 10.1 Å². The zero-order valence-electron chi connectivity index (χ0n) is 15.2. The molecule has 10 nitrogen and oxygen atoms in total. The molecule has 3 rings (SSSR count). The molecule has 3 aromatic rings. The number of nitro groups is 1. The van der Waals surface area contributed by atoms with Gasteiger partial charge in [0, 0.05) is 34.8 Å². The Morgan fingerprint density at radius 3 is 2.48 bits per heavy atom. The average molecular weight is 396 g/mol. The van der Waals surface area contributed by atoms with Crippen molar-refractivity contribution in [2.75, 3.05) is 6.61 Å². The quantitative estimate of drug-likeness (QED) is 0.343. The number of nitro benzene ring substituents is 1. The molecule has 0 spiro atoms. The first kappa shape index (κ1) is 19.5. The van der Waals surface area contributed by atoms with Crippen molar-refractivity contribution in [2.45, 2.75) is 6.92 Å². The van der Waals surface area contributed by atoms with Crippen LogP contribution in [0.4, 0.5) is 5.69 Å². The number of carbonyl (C=O) groups is 3. The summed E-state index contributed by atoms with van der Waals surface area (Å²) in [6, 6.07) is 10.3. The zero-order valence-corrected chi connectivity index (χ0v) is 15.2. The van der Waals surface area contributed by atoms with Crippen molar-refractivity contribution in [3.63, 3.8) is 0 Å². The van der Waals surface area contributed by atoms with Gasteiger partial charge < -0.3 is 9.72 Å². The highest BCUT2D eigenvalue weighted by Gasteiger charge is 2.19. The lowest BCUT2D eigenvalue weighted by Gasteiger charge is -2.08. The molecule has 0 atom stereocenters. The Bertz CT molecular complexity index is 1120. The van der Waals surface area contributed by atoms with Crippen molar-refractivity contribution in [3.05, 3.63) is 75.5 Å². The molecular weight excluding hydrogens is 380 g/mol.